The first-order valence-corrected chi connectivity index (χ1v) is 51.4. The minimum atomic E-state index is -0.274. The van der Waals surface area contributed by atoms with Crippen molar-refractivity contribution in [3.63, 3.8) is 0 Å². The van der Waals surface area contributed by atoms with E-state index in [0.29, 0.717) is 0 Å². The van der Waals surface area contributed by atoms with E-state index in [-0.39, 0.29) is 57.0 Å². The van der Waals surface area contributed by atoms with Crippen molar-refractivity contribution >= 4 is 232 Å². The van der Waals surface area contributed by atoms with Crippen LogP contribution in [0, 0.1) is 0 Å². The predicted molar refractivity (Wildman–Crippen MR) is 613 cm³/mol. The van der Waals surface area contributed by atoms with Crippen LogP contribution < -0.4 is 31.7 Å². The fraction of sp³-hybridized carbons (Fsp3) is 0.239. The maximum atomic E-state index is 8.11. The molecule has 4 aliphatic heterocycles. The van der Waals surface area contributed by atoms with E-state index in [2.05, 4.69) is 476 Å². The number of fused-ring (bicyclic) bond motifs is 34. The number of anilines is 6. The Kier molecular flexibility index (Phi) is 17.3. The predicted octanol–water partition coefficient (Wildman–Crippen LogP) is 35.1. The Bertz CT molecular complexity index is 9600. The van der Waals surface area contributed by atoms with Crippen molar-refractivity contribution in [2.45, 2.75) is 209 Å². The molecule has 0 fully saturated rings. The molecule has 7 heterocycles. The topological polar surface area (TPSA) is 29.5 Å². The lowest BCUT2D eigenvalue weighted by molar-refractivity contribution is 0.568. The molecule has 23 aromatic rings. The summed E-state index contributed by atoms with van der Waals surface area (Å²) in [4.78, 5) is 5.41. The summed E-state index contributed by atoms with van der Waals surface area (Å²) in [5.41, 5.74) is 35.9. The van der Waals surface area contributed by atoms with Crippen molar-refractivity contribution in [3.8, 4) is 33.4 Å². The van der Waals surface area contributed by atoms with Gasteiger partial charge in [0.1, 0.15) is 11.2 Å². The smallest absolute Gasteiger partial charge is 0.333 e. The van der Waals surface area contributed by atoms with Crippen molar-refractivity contribution in [2.75, 3.05) is 9.80 Å². The van der Waals surface area contributed by atoms with Gasteiger partial charge in [0, 0.05) is 105 Å². The summed E-state index contributed by atoms with van der Waals surface area (Å²) in [6.07, 6.45) is 0. The van der Waals surface area contributed by atoms with Crippen LogP contribution in [0.3, 0.4) is 0 Å². The van der Waals surface area contributed by atoms with Crippen molar-refractivity contribution in [1.29, 1.82) is 0 Å². The van der Waals surface area contributed by atoms with Crippen LogP contribution in [0.2, 0.25) is 0 Å². The Morgan fingerprint density at radius 2 is 0.574 bits per heavy atom. The minimum absolute atomic E-state index is 0.0622. The standard InChI is InChI=1S/C134H120B2N4O/c1-127(2,3)79-45-48-112-103(66-79)105-68-85(133(19,20)21)70-108-120-90-35-26-25-34-73(90)56-116-122(120)135(139(112)124(105)108)110-54-76-51-101-95-40-31-32-41-97(95)119-89(42-33-43-98(119)102(101)53-78(76)58-114(110)137(116)87-62-81(129(7,8)9)60-82(63-87)130(10,11)12)74-44-47-96-107-72-117-123-121(126(107)141-118(96)59-74)109-71-86(134(22,23)24)69-106-104-67-80(128(4,5)6)46-49-113(104)140(125(106)109)136(123)111-55-75-50-99-93-38-29-27-36-91(93)92-37-28-30-39-94(92)100(99)52-77(75)57-115(111)138(117)88-64-83(131(13,14)15)61-84(65-88)132(16,17)18/h25-72H,1-24H3. The van der Waals surface area contributed by atoms with Crippen molar-refractivity contribution in [2.24, 2.45) is 0 Å². The highest BCUT2D eigenvalue weighted by Gasteiger charge is 2.49. The Hall–Kier alpha value is -14.1. The van der Waals surface area contributed by atoms with Crippen LogP contribution >= 0.6 is 0 Å². The summed E-state index contributed by atoms with van der Waals surface area (Å²) in [6, 6.07) is 117. The van der Waals surface area contributed by atoms with Gasteiger partial charge in [-0.1, -0.05) is 324 Å². The molecule has 20 aromatic carbocycles. The fourth-order valence-electron chi connectivity index (χ4n) is 25.4. The minimum Gasteiger partial charge on any atom is -0.455 e. The first kappa shape index (κ1) is 86.0. The number of furan rings is 1. The lowest BCUT2D eigenvalue weighted by Crippen LogP contribution is -2.56. The molecule has 0 N–H and O–H groups in total. The van der Waals surface area contributed by atoms with E-state index < -0.39 is 0 Å². The molecule has 141 heavy (non-hydrogen) atoms. The third-order valence-corrected chi connectivity index (χ3v) is 33.2. The van der Waals surface area contributed by atoms with E-state index in [1.54, 1.807) is 0 Å². The highest BCUT2D eigenvalue weighted by molar-refractivity contribution is 6.91. The van der Waals surface area contributed by atoms with E-state index in [1.165, 1.54) is 263 Å². The van der Waals surface area contributed by atoms with Gasteiger partial charge >= 0.3 is 13.7 Å². The third kappa shape index (κ3) is 12.4. The summed E-state index contributed by atoms with van der Waals surface area (Å²) >= 11 is 0. The molecule has 0 saturated carbocycles. The van der Waals surface area contributed by atoms with Crippen LogP contribution in [-0.4, -0.2) is 22.7 Å². The first-order valence-electron chi connectivity index (χ1n) is 51.4. The van der Waals surface area contributed by atoms with E-state index in [0.717, 1.165) is 33.2 Å². The van der Waals surface area contributed by atoms with Gasteiger partial charge in [-0.3, -0.25) is 0 Å². The summed E-state index contributed by atoms with van der Waals surface area (Å²) in [6.45, 7) is 56.7. The van der Waals surface area contributed by atoms with Crippen LogP contribution in [0.15, 0.2) is 296 Å². The van der Waals surface area contributed by atoms with E-state index in [9.17, 15) is 0 Å². The summed E-state index contributed by atoms with van der Waals surface area (Å²) < 4.78 is 13.7. The summed E-state index contributed by atoms with van der Waals surface area (Å²) in [7, 11) is 0. The Morgan fingerprint density at radius 1 is 0.220 bits per heavy atom. The van der Waals surface area contributed by atoms with Crippen molar-refractivity contribution in [1.82, 2.24) is 8.96 Å². The quantitative estimate of drug-likeness (QED) is 0.100. The highest BCUT2D eigenvalue weighted by Crippen LogP contribution is 2.57. The fourth-order valence-corrected chi connectivity index (χ4v) is 25.4. The van der Waals surface area contributed by atoms with E-state index in [1.807, 2.05) is 0 Å². The van der Waals surface area contributed by atoms with Crippen LogP contribution in [0.5, 0.6) is 0 Å². The van der Waals surface area contributed by atoms with Gasteiger partial charge in [-0.05, 0) is 357 Å². The van der Waals surface area contributed by atoms with Gasteiger partial charge in [0.05, 0.1) is 0 Å². The van der Waals surface area contributed by atoms with Crippen LogP contribution in [0.1, 0.15) is 211 Å². The molecule has 5 nitrogen and oxygen atoms in total. The highest BCUT2D eigenvalue weighted by atomic mass is 16.3. The summed E-state index contributed by atoms with van der Waals surface area (Å²) in [5, 5.41) is 29.7. The van der Waals surface area contributed by atoms with Gasteiger partial charge < -0.3 is 23.2 Å². The number of benzene rings is 20. The average Bonchev–Trinajstić information content (AvgIpc) is 1.56. The zero-order valence-corrected chi connectivity index (χ0v) is 86.1. The number of nitrogens with zero attached hydrogens (tertiary/aromatic N) is 4. The molecule has 0 amide bonds. The van der Waals surface area contributed by atoms with Crippen LogP contribution in [-0.2, 0) is 43.3 Å². The van der Waals surface area contributed by atoms with Crippen molar-refractivity contribution < 1.29 is 4.42 Å². The number of aromatic nitrogens is 2. The molecule has 0 unspecified atom stereocenters. The third-order valence-electron chi connectivity index (χ3n) is 33.2. The van der Waals surface area contributed by atoms with Gasteiger partial charge in [0.25, 0.3) is 0 Å². The molecule has 688 valence electrons. The molecule has 0 saturated heterocycles. The molecule has 0 atom stereocenters. The first-order chi connectivity index (χ1) is 66.9. The van der Waals surface area contributed by atoms with Crippen LogP contribution in [0.25, 0.3) is 196 Å². The Balaban J connectivity index is 0.717. The normalized spacial score (nSPS) is 14.2. The molecule has 4 aliphatic rings. The molecule has 0 aliphatic carbocycles. The van der Waals surface area contributed by atoms with E-state index >= 15 is 0 Å². The molecule has 0 radical (unpaired) electrons. The van der Waals surface area contributed by atoms with Gasteiger partial charge in [-0.25, -0.2) is 0 Å². The maximum absolute atomic E-state index is 8.11. The number of hydrogen-bond donors (Lipinski definition) is 0. The zero-order chi connectivity index (χ0) is 97.3. The monoisotopic (exact) mass is 1820 g/mol. The molecule has 27 rings (SSSR count). The maximum Gasteiger partial charge on any atom is 0.333 e. The molecule has 3 aromatic heterocycles. The number of hydrogen-bond acceptors (Lipinski definition) is 3. The van der Waals surface area contributed by atoms with Crippen LogP contribution in [0.4, 0.5) is 34.1 Å². The average molecular weight is 1820 g/mol. The molecular weight excluding hydrogens is 1700 g/mol. The van der Waals surface area contributed by atoms with Gasteiger partial charge in [0.2, 0.25) is 0 Å². The largest absolute Gasteiger partial charge is 0.455 e. The lowest BCUT2D eigenvalue weighted by atomic mass is 9.44. The molecule has 7 heteroatoms. The van der Waals surface area contributed by atoms with E-state index in [4.69, 9.17) is 4.42 Å². The Labute approximate surface area is 828 Å². The molecular formula is C134H120B2N4O. The second kappa shape index (κ2) is 28.4. The van der Waals surface area contributed by atoms with Crippen molar-refractivity contribution in [3.05, 3.63) is 336 Å². The second-order valence-corrected chi connectivity index (χ2v) is 50.5. The molecule has 0 bridgehead atoms. The zero-order valence-electron chi connectivity index (χ0n) is 86.1. The summed E-state index contributed by atoms with van der Waals surface area (Å²) in [5.74, 6) is 0. The Morgan fingerprint density at radius 3 is 1.03 bits per heavy atom. The van der Waals surface area contributed by atoms with Gasteiger partial charge in [-0.2, -0.15) is 0 Å². The second-order valence-electron chi connectivity index (χ2n) is 50.5. The number of rotatable bonds is 3. The SMILES string of the molecule is CC(C)(C)c1cc(N2c3cc4cc5c(cc4cc3B3c4c2cc2ccccc2c4-c2cc(C(C)(C)C)cc4c6cc(C(C)(C)C)ccc6n3c24)c2ccccc2c2c(-c3ccc4c(c3)oc3c6c7c(cc34)N(c3cc(C(C)(C)C)cc(C(C)(C)C)c3)c3cc4cc8c9ccccc9c9ccccc9c8cc4cc3B7n3c4ccc(C(C)(C)C)cc4c4cc(C(C)(C)C)cc-6c43)cccc52)cc(C(C)(C)C)c1. The van der Waals surface area contributed by atoms with Gasteiger partial charge in [0.15, 0.2) is 0 Å². The lowest BCUT2D eigenvalue weighted by Gasteiger charge is -2.42. The molecule has 0 spiro atoms. The van der Waals surface area contributed by atoms with Gasteiger partial charge in [-0.15, -0.1) is 0 Å².